The zero-order valence-electron chi connectivity index (χ0n) is 16.4. The molecular weight excluding hydrogens is 336 g/mol. The summed E-state index contributed by atoms with van der Waals surface area (Å²) in [4.78, 5) is 45.8. The highest BCUT2D eigenvalue weighted by Gasteiger charge is 2.11. The fraction of sp³-hybridized carbons (Fsp3) is 0.700. The van der Waals surface area contributed by atoms with Gasteiger partial charge in [-0.2, -0.15) is 0 Å². The van der Waals surface area contributed by atoms with Gasteiger partial charge in [0.25, 0.3) is 0 Å². The summed E-state index contributed by atoms with van der Waals surface area (Å²) in [5.74, 6) is -2.00. The van der Waals surface area contributed by atoms with Crippen LogP contribution in [-0.4, -0.2) is 23.9 Å². The van der Waals surface area contributed by atoms with Crippen molar-refractivity contribution in [2.45, 2.75) is 79.1 Å². The Morgan fingerprint density at radius 3 is 1.31 bits per heavy atom. The van der Waals surface area contributed by atoms with Gasteiger partial charge >= 0.3 is 23.9 Å². The van der Waals surface area contributed by atoms with Crippen LogP contribution in [0.2, 0.25) is 0 Å². The molecule has 0 aromatic carbocycles. The maximum absolute atomic E-state index is 11.5. The molecule has 0 atom stereocenters. The molecule has 0 fully saturated rings. The van der Waals surface area contributed by atoms with Crippen LogP contribution in [0.1, 0.15) is 79.1 Å². The fourth-order valence-electron chi connectivity index (χ4n) is 2.17. The Bertz CT molecular complexity index is 447. The first-order valence-corrected chi connectivity index (χ1v) is 9.38. The molecule has 0 rings (SSSR count). The summed E-state index contributed by atoms with van der Waals surface area (Å²) in [6.45, 7) is 8.40. The van der Waals surface area contributed by atoms with Gasteiger partial charge in [0.2, 0.25) is 0 Å². The molecule has 0 heterocycles. The third-order valence-electron chi connectivity index (χ3n) is 3.61. The van der Waals surface area contributed by atoms with Gasteiger partial charge in [0.05, 0.1) is 0 Å². The van der Waals surface area contributed by atoms with E-state index in [0.717, 1.165) is 37.8 Å². The van der Waals surface area contributed by atoms with Crippen molar-refractivity contribution in [1.29, 1.82) is 0 Å². The normalized spacial score (nSPS) is 11.2. The molecule has 0 radical (unpaired) electrons. The van der Waals surface area contributed by atoms with Gasteiger partial charge in [0, 0.05) is 25.0 Å². The molecule has 0 saturated carbocycles. The van der Waals surface area contributed by atoms with Crippen molar-refractivity contribution in [3.63, 3.8) is 0 Å². The second kappa shape index (κ2) is 14.2. The summed E-state index contributed by atoms with van der Waals surface area (Å²) in [6.07, 6.45) is 7.02. The molecule has 0 aliphatic heterocycles. The molecule has 0 unspecified atom stereocenters. The fourth-order valence-corrected chi connectivity index (χ4v) is 2.17. The van der Waals surface area contributed by atoms with Crippen molar-refractivity contribution >= 4 is 23.9 Å². The minimum Gasteiger partial charge on any atom is -0.390 e. The molecule has 0 spiro atoms. The van der Waals surface area contributed by atoms with Crippen LogP contribution in [0.4, 0.5) is 0 Å². The second-order valence-corrected chi connectivity index (χ2v) is 7.20. The molecule has 0 saturated heterocycles. The Hall–Kier alpha value is -1.98. The third kappa shape index (κ3) is 15.5. The molecule has 0 N–H and O–H groups in total. The standard InChI is InChI=1S/C20H32O6/c1-15(2)9-5-7-11-17(21)25-19(23)13-14-20(24)26-18(22)12-8-6-10-16(3)4/h13-16H,5-12H2,1-4H3/b14-13-. The Kier molecular flexibility index (Phi) is 13.1. The predicted octanol–water partition coefficient (Wildman–Crippen LogP) is 4.12. The maximum Gasteiger partial charge on any atom is 0.338 e. The average Bonchev–Trinajstić information content (AvgIpc) is 2.53. The second-order valence-electron chi connectivity index (χ2n) is 7.20. The minimum atomic E-state index is -0.944. The minimum absolute atomic E-state index is 0.158. The Labute approximate surface area is 156 Å². The largest absolute Gasteiger partial charge is 0.390 e. The van der Waals surface area contributed by atoms with Crippen molar-refractivity contribution in [3.05, 3.63) is 12.2 Å². The van der Waals surface area contributed by atoms with Crippen LogP contribution in [0.25, 0.3) is 0 Å². The van der Waals surface area contributed by atoms with E-state index >= 15 is 0 Å². The molecule has 0 bridgehead atoms. The van der Waals surface area contributed by atoms with Crippen LogP contribution in [0.15, 0.2) is 12.2 Å². The Balaban J connectivity index is 3.94. The van der Waals surface area contributed by atoms with E-state index in [1.165, 1.54) is 0 Å². The van der Waals surface area contributed by atoms with E-state index in [1.54, 1.807) is 0 Å². The van der Waals surface area contributed by atoms with Crippen molar-refractivity contribution in [2.75, 3.05) is 0 Å². The van der Waals surface area contributed by atoms with Crippen LogP contribution in [0, 0.1) is 11.8 Å². The summed E-state index contributed by atoms with van der Waals surface area (Å²) in [6, 6.07) is 0. The molecule has 0 aliphatic rings. The van der Waals surface area contributed by atoms with E-state index in [4.69, 9.17) is 0 Å². The van der Waals surface area contributed by atoms with Gasteiger partial charge < -0.3 is 9.47 Å². The van der Waals surface area contributed by atoms with Crippen LogP contribution >= 0.6 is 0 Å². The number of carbonyl (C=O) groups excluding carboxylic acids is 4. The first-order chi connectivity index (χ1) is 12.2. The van der Waals surface area contributed by atoms with Crippen LogP contribution in [0.3, 0.4) is 0 Å². The highest BCUT2D eigenvalue weighted by atomic mass is 16.6. The van der Waals surface area contributed by atoms with Gasteiger partial charge in [-0.3, -0.25) is 9.59 Å². The van der Waals surface area contributed by atoms with Crippen molar-refractivity contribution in [1.82, 2.24) is 0 Å². The van der Waals surface area contributed by atoms with Gasteiger partial charge in [-0.05, 0) is 24.7 Å². The summed E-state index contributed by atoms with van der Waals surface area (Å²) in [5.41, 5.74) is 0. The van der Waals surface area contributed by atoms with Gasteiger partial charge in [-0.1, -0.05) is 53.4 Å². The quantitative estimate of drug-likeness (QED) is 0.223. The number of hydrogen-bond acceptors (Lipinski definition) is 6. The molecule has 26 heavy (non-hydrogen) atoms. The molecule has 0 amide bonds. The zero-order valence-corrected chi connectivity index (χ0v) is 16.4. The average molecular weight is 368 g/mol. The first kappa shape index (κ1) is 24.0. The first-order valence-electron chi connectivity index (χ1n) is 9.38. The maximum atomic E-state index is 11.5. The summed E-state index contributed by atoms with van der Waals surface area (Å²) in [5, 5.41) is 0. The van der Waals surface area contributed by atoms with E-state index in [9.17, 15) is 19.2 Å². The summed E-state index contributed by atoms with van der Waals surface area (Å²) >= 11 is 0. The Morgan fingerprint density at radius 1 is 0.654 bits per heavy atom. The van der Waals surface area contributed by atoms with E-state index in [0.29, 0.717) is 24.7 Å². The topological polar surface area (TPSA) is 86.7 Å². The number of carbonyl (C=O) groups is 4. The lowest BCUT2D eigenvalue weighted by Gasteiger charge is -2.04. The lowest BCUT2D eigenvalue weighted by molar-refractivity contribution is -0.159. The monoisotopic (exact) mass is 368 g/mol. The van der Waals surface area contributed by atoms with E-state index in [1.807, 2.05) is 0 Å². The number of hydrogen-bond donors (Lipinski definition) is 0. The Morgan fingerprint density at radius 2 is 1.00 bits per heavy atom. The third-order valence-corrected chi connectivity index (χ3v) is 3.61. The number of unbranched alkanes of at least 4 members (excludes halogenated alkanes) is 2. The summed E-state index contributed by atoms with van der Waals surface area (Å²) < 4.78 is 9.11. The summed E-state index contributed by atoms with van der Waals surface area (Å²) in [7, 11) is 0. The van der Waals surface area contributed by atoms with E-state index in [2.05, 4.69) is 37.2 Å². The zero-order chi connectivity index (χ0) is 19.9. The molecule has 6 heteroatoms. The van der Waals surface area contributed by atoms with Gasteiger partial charge in [0.15, 0.2) is 0 Å². The van der Waals surface area contributed by atoms with Crippen LogP contribution < -0.4 is 0 Å². The van der Waals surface area contributed by atoms with Crippen LogP contribution in [-0.2, 0) is 28.7 Å². The molecule has 0 aliphatic carbocycles. The molecular formula is C20H32O6. The molecule has 6 nitrogen and oxygen atoms in total. The van der Waals surface area contributed by atoms with Crippen molar-refractivity contribution in [2.24, 2.45) is 11.8 Å². The highest BCUT2D eigenvalue weighted by molar-refractivity contribution is 5.98. The van der Waals surface area contributed by atoms with E-state index < -0.39 is 23.9 Å². The lowest BCUT2D eigenvalue weighted by atomic mass is 10.1. The SMILES string of the molecule is CC(C)CCCCC(=O)OC(=O)/C=C\C(=O)OC(=O)CCCCC(C)C. The van der Waals surface area contributed by atoms with Gasteiger partial charge in [0.1, 0.15) is 0 Å². The van der Waals surface area contributed by atoms with Crippen molar-refractivity contribution in [3.8, 4) is 0 Å². The van der Waals surface area contributed by atoms with Gasteiger partial charge in [-0.15, -0.1) is 0 Å². The highest BCUT2D eigenvalue weighted by Crippen LogP contribution is 2.09. The smallest absolute Gasteiger partial charge is 0.338 e. The number of rotatable bonds is 12. The van der Waals surface area contributed by atoms with E-state index in [-0.39, 0.29) is 12.8 Å². The molecule has 0 aromatic heterocycles. The molecule has 0 aromatic rings. The lowest BCUT2D eigenvalue weighted by Crippen LogP contribution is -2.12. The van der Waals surface area contributed by atoms with Crippen LogP contribution in [0.5, 0.6) is 0 Å². The predicted molar refractivity (Wildman–Crippen MR) is 98.0 cm³/mol. The van der Waals surface area contributed by atoms with Gasteiger partial charge in [-0.25, -0.2) is 9.59 Å². The molecule has 148 valence electrons. The number of ether oxygens (including phenoxy) is 2. The number of esters is 4. The van der Waals surface area contributed by atoms with Crippen molar-refractivity contribution < 1.29 is 28.7 Å².